The van der Waals surface area contributed by atoms with Gasteiger partial charge in [0.2, 0.25) is 5.91 Å². The molecule has 0 aromatic carbocycles. The number of carbonyl (C=O) groups is 1. The molecule has 0 radical (unpaired) electrons. The van der Waals surface area contributed by atoms with Crippen LogP contribution in [0.3, 0.4) is 0 Å². The Morgan fingerprint density at radius 3 is 2.31 bits per heavy atom. The van der Waals surface area contributed by atoms with Crippen molar-refractivity contribution in [3.63, 3.8) is 0 Å². The minimum absolute atomic E-state index is 0.109. The van der Waals surface area contributed by atoms with Crippen LogP contribution < -0.4 is 10.6 Å². The summed E-state index contributed by atoms with van der Waals surface area (Å²) in [7, 11) is 1.96. The predicted octanol–water partition coefficient (Wildman–Crippen LogP) is 1.15. The van der Waals surface area contributed by atoms with Gasteiger partial charge in [-0.05, 0) is 26.4 Å². The Kier molecular flexibility index (Phi) is 7.69. The smallest absolute Gasteiger partial charge is 0.222 e. The van der Waals surface area contributed by atoms with Crippen LogP contribution in [0.1, 0.15) is 33.1 Å². The van der Waals surface area contributed by atoms with Crippen molar-refractivity contribution in [2.24, 2.45) is 5.92 Å². The molecule has 0 bridgehead atoms. The van der Waals surface area contributed by atoms with Crippen LogP contribution in [0.25, 0.3) is 0 Å². The lowest BCUT2D eigenvalue weighted by Gasteiger charge is -2.06. The molecule has 0 aromatic heterocycles. The lowest BCUT2D eigenvalue weighted by molar-refractivity contribution is -0.123. The summed E-state index contributed by atoms with van der Waals surface area (Å²) in [6.07, 6.45) is 3.45. The van der Waals surface area contributed by atoms with E-state index in [0.717, 1.165) is 19.5 Å². The molecule has 0 rings (SSSR count). The standard InChI is InChI=1S/C10H22N2O/c1-9(2)10(13)12-8-6-4-5-7-11-3/h9,11H,4-8H2,1-3H3,(H,12,13). The zero-order chi connectivity index (χ0) is 10.1. The first-order valence-electron chi connectivity index (χ1n) is 5.10. The van der Waals surface area contributed by atoms with Gasteiger partial charge in [-0.1, -0.05) is 20.3 Å². The summed E-state index contributed by atoms with van der Waals surface area (Å²) < 4.78 is 0. The van der Waals surface area contributed by atoms with E-state index in [1.807, 2.05) is 20.9 Å². The molecule has 0 aliphatic heterocycles. The predicted molar refractivity (Wildman–Crippen MR) is 55.6 cm³/mol. The van der Waals surface area contributed by atoms with Crippen LogP contribution in [0.2, 0.25) is 0 Å². The Labute approximate surface area is 81.3 Å². The molecule has 0 heterocycles. The third-order valence-corrected chi connectivity index (χ3v) is 1.93. The molecule has 78 valence electrons. The summed E-state index contributed by atoms with van der Waals surface area (Å²) in [6, 6.07) is 0. The van der Waals surface area contributed by atoms with E-state index in [0.29, 0.717) is 0 Å². The quantitative estimate of drug-likeness (QED) is 0.586. The van der Waals surface area contributed by atoms with E-state index in [4.69, 9.17) is 0 Å². The van der Waals surface area contributed by atoms with Crippen molar-refractivity contribution in [1.29, 1.82) is 0 Å². The average Bonchev–Trinajstić information content (AvgIpc) is 2.10. The van der Waals surface area contributed by atoms with Gasteiger partial charge in [0.1, 0.15) is 0 Å². The number of carbonyl (C=O) groups excluding carboxylic acids is 1. The Hall–Kier alpha value is -0.570. The second-order valence-electron chi connectivity index (χ2n) is 3.61. The van der Waals surface area contributed by atoms with E-state index in [1.54, 1.807) is 0 Å². The first-order valence-corrected chi connectivity index (χ1v) is 5.10. The summed E-state index contributed by atoms with van der Waals surface area (Å²) in [4.78, 5) is 11.1. The molecule has 0 aliphatic carbocycles. The van der Waals surface area contributed by atoms with E-state index in [1.165, 1.54) is 12.8 Å². The lowest BCUT2D eigenvalue weighted by atomic mass is 10.2. The van der Waals surface area contributed by atoms with Crippen LogP contribution in [0.5, 0.6) is 0 Å². The van der Waals surface area contributed by atoms with Crippen molar-refractivity contribution in [2.75, 3.05) is 20.1 Å². The van der Waals surface area contributed by atoms with Gasteiger partial charge in [-0.25, -0.2) is 0 Å². The molecule has 0 atom stereocenters. The third-order valence-electron chi connectivity index (χ3n) is 1.93. The Morgan fingerprint density at radius 2 is 1.77 bits per heavy atom. The number of hydrogen-bond acceptors (Lipinski definition) is 2. The highest BCUT2D eigenvalue weighted by Gasteiger charge is 2.04. The van der Waals surface area contributed by atoms with Crippen LogP contribution in [-0.2, 0) is 4.79 Å². The first kappa shape index (κ1) is 12.4. The maximum atomic E-state index is 11.1. The molecule has 0 spiro atoms. The summed E-state index contributed by atoms with van der Waals surface area (Å²) in [5.74, 6) is 0.269. The van der Waals surface area contributed by atoms with Crippen LogP contribution in [-0.4, -0.2) is 26.0 Å². The van der Waals surface area contributed by atoms with Gasteiger partial charge in [0.05, 0.1) is 0 Å². The molecule has 2 N–H and O–H groups in total. The summed E-state index contributed by atoms with van der Waals surface area (Å²) in [5.41, 5.74) is 0. The number of nitrogens with one attached hydrogen (secondary N) is 2. The highest BCUT2D eigenvalue weighted by molar-refractivity contribution is 5.77. The summed E-state index contributed by atoms with van der Waals surface area (Å²) >= 11 is 0. The van der Waals surface area contributed by atoms with Crippen molar-refractivity contribution in [3.05, 3.63) is 0 Å². The maximum absolute atomic E-state index is 11.1. The van der Waals surface area contributed by atoms with E-state index >= 15 is 0 Å². The van der Waals surface area contributed by atoms with Gasteiger partial charge in [0.25, 0.3) is 0 Å². The molecule has 3 nitrogen and oxygen atoms in total. The first-order chi connectivity index (χ1) is 6.18. The van der Waals surface area contributed by atoms with Crippen LogP contribution in [0.4, 0.5) is 0 Å². The van der Waals surface area contributed by atoms with E-state index in [-0.39, 0.29) is 11.8 Å². The molecule has 0 saturated heterocycles. The van der Waals surface area contributed by atoms with Gasteiger partial charge in [0, 0.05) is 12.5 Å². The topological polar surface area (TPSA) is 41.1 Å². The number of amides is 1. The van der Waals surface area contributed by atoms with Gasteiger partial charge in [-0.15, -0.1) is 0 Å². The van der Waals surface area contributed by atoms with Gasteiger partial charge in [0.15, 0.2) is 0 Å². The average molecular weight is 186 g/mol. The Bertz CT molecular complexity index is 135. The van der Waals surface area contributed by atoms with Crippen LogP contribution >= 0.6 is 0 Å². The van der Waals surface area contributed by atoms with Crippen LogP contribution in [0.15, 0.2) is 0 Å². The van der Waals surface area contributed by atoms with Gasteiger partial charge in [-0.2, -0.15) is 0 Å². The summed E-state index contributed by atoms with van der Waals surface area (Å²) in [6.45, 7) is 5.71. The lowest BCUT2D eigenvalue weighted by Crippen LogP contribution is -2.28. The molecule has 3 heteroatoms. The SMILES string of the molecule is CNCCCCCNC(=O)C(C)C. The largest absolute Gasteiger partial charge is 0.356 e. The molecule has 0 unspecified atom stereocenters. The van der Waals surface area contributed by atoms with Crippen molar-refractivity contribution < 1.29 is 4.79 Å². The fourth-order valence-electron chi connectivity index (χ4n) is 1.02. The molecule has 0 fully saturated rings. The second kappa shape index (κ2) is 8.05. The van der Waals surface area contributed by atoms with Crippen LogP contribution in [0, 0.1) is 5.92 Å². The fourth-order valence-corrected chi connectivity index (χ4v) is 1.02. The normalized spacial score (nSPS) is 10.5. The number of rotatable bonds is 7. The van der Waals surface area contributed by atoms with Crippen molar-refractivity contribution in [2.45, 2.75) is 33.1 Å². The van der Waals surface area contributed by atoms with Gasteiger partial charge >= 0.3 is 0 Å². The molecule has 1 amide bonds. The van der Waals surface area contributed by atoms with E-state index in [2.05, 4.69) is 10.6 Å². The molecular weight excluding hydrogens is 164 g/mol. The zero-order valence-corrected chi connectivity index (χ0v) is 9.02. The number of unbranched alkanes of at least 4 members (excludes halogenated alkanes) is 2. The van der Waals surface area contributed by atoms with Crippen molar-refractivity contribution in [1.82, 2.24) is 10.6 Å². The monoisotopic (exact) mass is 186 g/mol. The molecular formula is C10H22N2O. The number of hydrogen-bond donors (Lipinski definition) is 2. The zero-order valence-electron chi connectivity index (χ0n) is 9.02. The third kappa shape index (κ3) is 7.78. The van der Waals surface area contributed by atoms with Gasteiger partial charge < -0.3 is 10.6 Å². The van der Waals surface area contributed by atoms with Crippen molar-refractivity contribution >= 4 is 5.91 Å². The van der Waals surface area contributed by atoms with E-state index < -0.39 is 0 Å². The highest BCUT2D eigenvalue weighted by atomic mass is 16.1. The summed E-state index contributed by atoms with van der Waals surface area (Å²) in [5, 5.41) is 6.00. The highest BCUT2D eigenvalue weighted by Crippen LogP contribution is 1.94. The minimum atomic E-state index is 0.109. The molecule has 13 heavy (non-hydrogen) atoms. The Balaban J connectivity index is 3.12. The molecule has 0 aliphatic rings. The van der Waals surface area contributed by atoms with Gasteiger partial charge in [-0.3, -0.25) is 4.79 Å². The minimum Gasteiger partial charge on any atom is -0.356 e. The fraction of sp³-hybridized carbons (Fsp3) is 0.900. The second-order valence-corrected chi connectivity index (χ2v) is 3.61. The molecule has 0 aromatic rings. The van der Waals surface area contributed by atoms with Crippen molar-refractivity contribution in [3.8, 4) is 0 Å². The molecule has 0 saturated carbocycles. The maximum Gasteiger partial charge on any atom is 0.222 e. The van der Waals surface area contributed by atoms with E-state index in [9.17, 15) is 4.79 Å². The Morgan fingerprint density at radius 1 is 1.15 bits per heavy atom.